The SMILES string of the molecule is CC(C)(C)OC(=O)N[C@H]1CCCCCC1=O. The molecule has 4 nitrogen and oxygen atoms in total. The highest BCUT2D eigenvalue weighted by atomic mass is 16.6. The van der Waals surface area contributed by atoms with Crippen molar-refractivity contribution in [2.24, 2.45) is 0 Å². The molecule has 1 N–H and O–H groups in total. The van der Waals surface area contributed by atoms with E-state index in [0.717, 1.165) is 25.7 Å². The van der Waals surface area contributed by atoms with E-state index in [1.165, 1.54) is 0 Å². The van der Waals surface area contributed by atoms with Gasteiger partial charge < -0.3 is 10.1 Å². The van der Waals surface area contributed by atoms with Crippen LogP contribution in [0.1, 0.15) is 52.9 Å². The number of rotatable bonds is 1. The number of nitrogens with one attached hydrogen (secondary N) is 1. The van der Waals surface area contributed by atoms with Gasteiger partial charge in [0.2, 0.25) is 0 Å². The summed E-state index contributed by atoms with van der Waals surface area (Å²) in [5, 5.41) is 2.65. The predicted molar refractivity (Wildman–Crippen MR) is 61.2 cm³/mol. The minimum absolute atomic E-state index is 0.128. The molecule has 0 heterocycles. The lowest BCUT2D eigenvalue weighted by molar-refractivity contribution is -0.121. The van der Waals surface area contributed by atoms with Crippen molar-refractivity contribution in [2.75, 3.05) is 0 Å². The molecule has 1 aliphatic carbocycles. The Hall–Kier alpha value is -1.06. The summed E-state index contributed by atoms with van der Waals surface area (Å²) in [5.74, 6) is 0.128. The molecule has 0 spiro atoms. The van der Waals surface area contributed by atoms with E-state index in [2.05, 4.69) is 5.32 Å². The molecule has 0 bridgehead atoms. The topological polar surface area (TPSA) is 55.4 Å². The second-order valence-electron chi connectivity index (χ2n) is 5.26. The van der Waals surface area contributed by atoms with Gasteiger partial charge in [0, 0.05) is 6.42 Å². The molecule has 0 radical (unpaired) electrons. The minimum Gasteiger partial charge on any atom is -0.444 e. The van der Waals surface area contributed by atoms with Crippen LogP contribution < -0.4 is 5.32 Å². The zero-order valence-electron chi connectivity index (χ0n) is 10.3. The number of hydrogen-bond acceptors (Lipinski definition) is 3. The molecule has 1 fully saturated rings. The molecule has 0 unspecified atom stereocenters. The Morgan fingerprint density at radius 2 is 2.00 bits per heavy atom. The van der Waals surface area contributed by atoms with Crippen LogP contribution in [0.5, 0.6) is 0 Å². The maximum absolute atomic E-state index is 11.6. The van der Waals surface area contributed by atoms with E-state index >= 15 is 0 Å². The Balaban J connectivity index is 2.45. The smallest absolute Gasteiger partial charge is 0.408 e. The van der Waals surface area contributed by atoms with Gasteiger partial charge in [0.25, 0.3) is 0 Å². The fraction of sp³-hybridized carbons (Fsp3) is 0.833. The first-order valence-corrected chi connectivity index (χ1v) is 5.91. The number of amides is 1. The van der Waals surface area contributed by atoms with Gasteiger partial charge >= 0.3 is 6.09 Å². The molecule has 0 aromatic rings. The zero-order valence-corrected chi connectivity index (χ0v) is 10.3. The Kier molecular flexibility index (Phi) is 4.33. The Morgan fingerprint density at radius 3 is 2.62 bits per heavy atom. The lowest BCUT2D eigenvalue weighted by atomic mass is 10.1. The average Bonchev–Trinajstić information content (AvgIpc) is 2.29. The highest BCUT2D eigenvalue weighted by molar-refractivity contribution is 5.87. The largest absolute Gasteiger partial charge is 0.444 e. The van der Waals surface area contributed by atoms with Crippen molar-refractivity contribution in [1.29, 1.82) is 0 Å². The van der Waals surface area contributed by atoms with E-state index in [0.29, 0.717) is 6.42 Å². The molecule has 92 valence electrons. The molecule has 1 aliphatic rings. The number of Topliss-reactive ketones (excluding diaryl/α,β-unsaturated/α-hetero) is 1. The van der Waals surface area contributed by atoms with Crippen molar-refractivity contribution < 1.29 is 14.3 Å². The number of carbonyl (C=O) groups is 2. The summed E-state index contributed by atoms with van der Waals surface area (Å²) in [4.78, 5) is 23.1. The number of hydrogen-bond donors (Lipinski definition) is 1. The zero-order chi connectivity index (χ0) is 12.2. The van der Waals surface area contributed by atoms with Crippen molar-refractivity contribution >= 4 is 11.9 Å². The average molecular weight is 227 g/mol. The highest BCUT2D eigenvalue weighted by Gasteiger charge is 2.24. The van der Waals surface area contributed by atoms with E-state index in [1.54, 1.807) is 0 Å². The molecule has 0 saturated heterocycles. The van der Waals surface area contributed by atoms with Crippen molar-refractivity contribution in [3.05, 3.63) is 0 Å². The summed E-state index contributed by atoms with van der Waals surface area (Å²) in [6.45, 7) is 5.42. The molecular formula is C12H21NO3. The summed E-state index contributed by atoms with van der Waals surface area (Å²) in [6.07, 6.45) is 3.81. The fourth-order valence-corrected chi connectivity index (χ4v) is 1.76. The first-order chi connectivity index (χ1) is 7.38. The standard InChI is InChI=1S/C12H21NO3/c1-12(2,3)16-11(15)13-9-7-5-4-6-8-10(9)14/h9H,4-8H2,1-3H3,(H,13,15)/t9-/m0/s1. The van der Waals surface area contributed by atoms with Gasteiger partial charge in [0.15, 0.2) is 5.78 Å². The first kappa shape index (κ1) is 13.0. The molecule has 1 rings (SSSR count). The van der Waals surface area contributed by atoms with Crippen LogP contribution in [0.15, 0.2) is 0 Å². The van der Waals surface area contributed by atoms with E-state index in [9.17, 15) is 9.59 Å². The second kappa shape index (κ2) is 5.32. The van der Waals surface area contributed by atoms with Crippen LogP contribution in [0.3, 0.4) is 0 Å². The van der Waals surface area contributed by atoms with Gasteiger partial charge in [-0.1, -0.05) is 12.8 Å². The molecule has 0 aromatic heterocycles. The quantitative estimate of drug-likeness (QED) is 0.700. The second-order valence-corrected chi connectivity index (χ2v) is 5.26. The normalized spacial score (nSPS) is 22.4. The summed E-state index contributed by atoms with van der Waals surface area (Å²) in [5.41, 5.74) is -0.516. The van der Waals surface area contributed by atoms with E-state index in [4.69, 9.17) is 4.74 Å². The summed E-state index contributed by atoms with van der Waals surface area (Å²) < 4.78 is 5.13. The van der Waals surface area contributed by atoms with Gasteiger partial charge in [-0.3, -0.25) is 4.79 Å². The molecule has 0 aliphatic heterocycles. The van der Waals surface area contributed by atoms with E-state index in [1.807, 2.05) is 20.8 Å². The maximum atomic E-state index is 11.6. The van der Waals surface area contributed by atoms with Gasteiger partial charge in [-0.25, -0.2) is 4.79 Å². The third-order valence-corrected chi connectivity index (χ3v) is 2.50. The van der Waals surface area contributed by atoms with Gasteiger partial charge in [-0.2, -0.15) is 0 Å². The van der Waals surface area contributed by atoms with Crippen molar-refractivity contribution in [1.82, 2.24) is 5.32 Å². The lowest BCUT2D eigenvalue weighted by Gasteiger charge is -2.22. The van der Waals surface area contributed by atoms with E-state index < -0.39 is 11.7 Å². The van der Waals surface area contributed by atoms with Crippen LogP contribution in [0.2, 0.25) is 0 Å². The maximum Gasteiger partial charge on any atom is 0.408 e. The highest BCUT2D eigenvalue weighted by Crippen LogP contribution is 2.15. The summed E-state index contributed by atoms with van der Waals surface area (Å²) >= 11 is 0. The molecule has 0 aromatic carbocycles. The Morgan fingerprint density at radius 1 is 1.31 bits per heavy atom. The van der Waals surface area contributed by atoms with Gasteiger partial charge in [-0.05, 0) is 33.6 Å². The van der Waals surface area contributed by atoms with Crippen LogP contribution in [0, 0.1) is 0 Å². The number of ketones is 1. The molecule has 1 saturated carbocycles. The number of carbonyl (C=O) groups excluding carboxylic acids is 2. The Labute approximate surface area is 96.7 Å². The van der Waals surface area contributed by atoms with Crippen molar-refractivity contribution in [3.8, 4) is 0 Å². The Bertz CT molecular complexity index is 268. The molecule has 16 heavy (non-hydrogen) atoms. The van der Waals surface area contributed by atoms with Crippen molar-refractivity contribution in [3.63, 3.8) is 0 Å². The number of alkyl carbamates (subject to hydrolysis) is 1. The van der Waals surface area contributed by atoms with Crippen LogP contribution in [-0.2, 0) is 9.53 Å². The fourth-order valence-electron chi connectivity index (χ4n) is 1.76. The minimum atomic E-state index is -0.516. The predicted octanol–water partition coefficient (Wildman–Crippen LogP) is 2.41. The van der Waals surface area contributed by atoms with Gasteiger partial charge in [-0.15, -0.1) is 0 Å². The molecule has 1 atom stereocenters. The lowest BCUT2D eigenvalue weighted by Crippen LogP contribution is -2.42. The molecular weight excluding hydrogens is 206 g/mol. The number of ether oxygens (including phenoxy) is 1. The van der Waals surface area contributed by atoms with Gasteiger partial charge in [0.1, 0.15) is 5.60 Å². The molecule has 1 amide bonds. The van der Waals surface area contributed by atoms with Crippen LogP contribution >= 0.6 is 0 Å². The third-order valence-electron chi connectivity index (χ3n) is 2.50. The summed E-state index contributed by atoms with van der Waals surface area (Å²) in [7, 11) is 0. The third kappa shape index (κ3) is 4.64. The van der Waals surface area contributed by atoms with Crippen molar-refractivity contribution in [2.45, 2.75) is 64.5 Å². The van der Waals surface area contributed by atoms with Gasteiger partial charge in [0.05, 0.1) is 6.04 Å². The van der Waals surface area contributed by atoms with Crippen LogP contribution in [0.4, 0.5) is 4.79 Å². The summed E-state index contributed by atoms with van der Waals surface area (Å²) in [6, 6.07) is -0.350. The van der Waals surface area contributed by atoms with E-state index in [-0.39, 0.29) is 11.8 Å². The molecule has 4 heteroatoms. The monoisotopic (exact) mass is 227 g/mol. The van der Waals surface area contributed by atoms with Crippen LogP contribution in [-0.4, -0.2) is 23.5 Å². The van der Waals surface area contributed by atoms with Crippen LogP contribution in [0.25, 0.3) is 0 Å². The first-order valence-electron chi connectivity index (χ1n) is 5.91.